The smallest absolute Gasteiger partial charge is 0.136 e. The van der Waals surface area contributed by atoms with Crippen molar-refractivity contribution >= 4 is 11.3 Å². The molecule has 1 N–H and O–H groups in total. The van der Waals surface area contributed by atoms with Crippen molar-refractivity contribution in [1.82, 2.24) is 10.3 Å². The summed E-state index contributed by atoms with van der Waals surface area (Å²) in [5, 5.41) is 3.84. The van der Waals surface area contributed by atoms with Gasteiger partial charge in [0.25, 0.3) is 0 Å². The van der Waals surface area contributed by atoms with Crippen molar-refractivity contribution in [3.05, 3.63) is 40.9 Å². The largest absolute Gasteiger partial charge is 0.310 e. The molecule has 2 aromatic rings. The third kappa shape index (κ3) is 2.73. The number of hydrogen-bond donors (Lipinski definition) is 1. The molecule has 1 aromatic carbocycles. The van der Waals surface area contributed by atoms with Gasteiger partial charge < -0.3 is 5.32 Å². The van der Waals surface area contributed by atoms with Gasteiger partial charge in [0.2, 0.25) is 0 Å². The highest BCUT2D eigenvalue weighted by atomic mass is 32.1. The molecule has 18 heavy (non-hydrogen) atoms. The first kappa shape index (κ1) is 13.1. The van der Waals surface area contributed by atoms with Crippen molar-refractivity contribution < 1.29 is 8.78 Å². The van der Waals surface area contributed by atoms with Crippen molar-refractivity contribution in [1.29, 1.82) is 0 Å². The molecule has 0 aliphatic rings. The highest BCUT2D eigenvalue weighted by Gasteiger charge is 2.13. The fourth-order valence-corrected chi connectivity index (χ4v) is 2.65. The lowest BCUT2D eigenvalue weighted by Gasteiger charge is -2.08. The standard InChI is InChI=1S/C13H14F2N2S/c1-3-16-8(2)12-7-17-13(18-12)10-5-4-9(14)6-11(10)15/h4-8,16H,3H2,1-2H3. The van der Waals surface area contributed by atoms with Crippen LogP contribution in [0.25, 0.3) is 10.6 Å². The van der Waals surface area contributed by atoms with Crippen LogP contribution in [0.4, 0.5) is 8.78 Å². The average Bonchev–Trinajstić information content (AvgIpc) is 2.78. The maximum absolute atomic E-state index is 13.6. The zero-order valence-electron chi connectivity index (χ0n) is 10.2. The van der Waals surface area contributed by atoms with Crippen LogP contribution in [-0.4, -0.2) is 11.5 Å². The van der Waals surface area contributed by atoms with Gasteiger partial charge in [-0.3, -0.25) is 0 Å². The summed E-state index contributed by atoms with van der Waals surface area (Å²) in [4.78, 5) is 5.23. The van der Waals surface area contributed by atoms with Gasteiger partial charge in [0, 0.05) is 28.7 Å². The van der Waals surface area contributed by atoms with Crippen LogP contribution >= 0.6 is 11.3 Å². The van der Waals surface area contributed by atoms with E-state index in [4.69, 9.17) is 0 Å². The van der Waals surface area contributed by atoms with Gasteiger partial charge in [-0.1, -0.05) is 6.92 Å². The molecular weight excluding hydrogens is 254 g/mol. The Bertz CT molecular complexity index is 540. The molecule has 0 spiro atoms. The quantitative estimate of drug-likeness (QED) is 0.913. The van der Waals surface area contributed by atoms with E-state index in [1.807, 2.05) is 13.8 Å². The third-order valence-corrected chi connectivity index (χ3v) is 3.84. The molecule has 0 bridgehead atoms. The average molecular weight is 268 g/mol. The molecule has 0 saturated carbocycles. The van der Waals surface area contributed by atoms with Crippen LogP contribution in [0.2, 0.25) is 0 Å². The Balaban J connectivity index is 2.29. The summed E-state index contributed by atoms with van der Waals surface area (Å²) in [7, 11) is 0. The Morgan fingerprint density at radius 2 is 2.17 bits per heavy atom. The summed E-state index contributed by atoms with van der Waals surface area (Å²) < 4.78 is 26.4. The summed E-state index contributed by atoms with van der Waals surface area (Å²) in [6, 6.07) is 3.73. The van der Waals surface area contributed by atoms with E-state index in [2.05, 4.69) is 10.3 Å². The molecule has 1 heterocycles. The molecule has 96 valence electrons. The summed E-state index contributed by atoms with van der Waals surface area (Å²) in [6.07, 6.45) is 1.73. The maximum atomic E-state index is 13.6. The second-order valence-electron chi connectivity index (χ2n) is 3.97. The fourth-order valence-electron chi connectivity index (χ4n) is 1.68. The van der Waals surface area contributed by atoms with Gasteiger partial charge in [-0.15, -0.1) is 11.3 Å². The number of nitrogens with one attached hydrogen (secondary N) is 1. The van der Waals surface area contributed by atoms with E-state index in [1.165, 1.54) is 23.5 Å². The van der Waals surface area contributed by atoms with Gasteiger partial charge in [-0.05, 0) is 25.6 Å². The molecule has 0 aliphatic heterocycles. The van der Waals surface area contributed by atoms with E-state index in [0.717, 1.165) is 17.5 Å². The monoisotopic (exact) mass is 268 g/mol. The number of rotatable bonds is 4. The molecule has 5 heteroatoms. The summed E-state index contributed by atoms with van der Waals surface area (Å²) >= 11 is 1.42. The lowest BCUT2D eigenvalue weighted by molar-refractivity contribution is 0.585. The van der Waals surface area contributed by atoms with E-state index < -0.39 is 11.6 Å². The second kappa shape index (κ2) is 5.54. The molecule has 0 amide bonds. The molecule has 1 aromatic heterocycles. The second-order valence-corrected chi connectivity index (χ2v) is 5.03. The van der Waals surface area contributed by atoms with E-state index in [9.17, 15) is 8.78 Å². The Morgan fingerprint density at radius 3 is 2.83 bits per heavy atom. The zero-order valence-corrected chi connectivity index (χ0v) is 11.0. The Labute approximate surface area is 109 Å². The molecular formula is C13H14F2N2S. The molecule has 0 saturated heterocycles. The predicted octanol–water partition coefficient (Wildman–Crippen LogP) is 3.76. The molecule has 2 rings (SSSR count). The molecule has 0 fully saturated rings. The van der Waals surface area contributed by atoms with Gasteiger partial charge in [0.05, 0.1) is 0 Å². The van der Waals surface area contributed by atoms with Crippen LogP contribution in [0, 0.1) is 11.6 Å². The van der Waals surface area contributed by atoms with Crippen molar-refractivity contribution in [2.75, 3.05) is 6.54 Å². The number of thiazole rings is 1. The van der Waals surface area contributed by atoms with Crippen molar-refractivity contribution in [3.63, 3.8) is 0 Å². The summed E-state index contributed by atoms with van der Waals surface area (Å²) in [6.45, 7) is 4.92. The SMILES string of the molecule is CCNC(C)c1cnc(-c2ccc(F)cc2F)s1. The Kier molecular flexibility index (Phi) is 4.04. The first-order valence-electron chi connectivity index (χ1n) is 5.76. The molecule has 1 atom stereocenters. The lowest BCUT2D eigenvalue weighted by Crippen LogP contribution is -2.16. The fraction of sp³-hybridized carbons (Fsp3) is 0.308. The van der Waals surface area contributed by atoms with E-state index >= 15 is 0 Å². The number of benzene rings is 1. The van der Waals surface area contributed by atoms with Crippen LogP contribution < -0.4 is 5.32 Å². The molecule has 0 radical (unpaired) electrons. The minimum absolute atomic E-state index is 0.185. The number of aromatic nitrogens is 1. The minimum Gasteiger partial charge on any atom is -0.310 e. The highest BCUT2D eigenvalue weighted by molar-refractivity contribution is 7.15. The topological polar surface area (TPSA) is 24.9 Å². The van der Waals surface area contributed by atoms with Crippen LogP contribution in [0.15, 0.2) is 24.4 Å². The van der Waals surface area contributed by atoms with Crippen molar-refractivity contribution in [3.8, 4) is 10.6 Å². The third-order valence-electron chi connectivity index (χ3n) is 2.62. The van der Waals surface area contributed by atoms with Crippen LogP contribution in [0.3, 0.4) is 0 Å². The normalized spacial score (nSPS) is 12.7. The van der Waals surface area contributed by atoms with E-state index in [1.54, 1.807) is 6.20 Å². The number of hydrogen-bond acceptors (Lipinski definition) is 3. The zero-order chi connectivity index (χ0) is 13.1. The van der Waals surface area contributed by atoms with E-state index in [0.29, 0.717) is 10.6 Å². The minimum atomic E-state index is -0.577. The van der Waals surface area contributed by atoms with E-state index in [-0.39, 0.29) is 6.04 Å². The number of halogens is 2. The summed E-state index contributed by atoms with van der Waals surface area (Å²) in [5.74, 6) is -1.15. The molecule has 0 aliphatic carbocycles. The summed E-state index contributed by atoms with van der Waals surface area (Å²) in [5.41, 5.74) is 0.344. The Hall–Kier alpha value is -1.33. The predicted molar refractivity (Wildman–Crippen MR) is 69.6 cm³/mol. The molecule has 1 unspecified atom stereocenters. The molecule has 2 nitrogen and oxygen atoms in total. The highest BCUT2D eigenvalue weighted by Crippen LogP contribution is 2.30. The van der Waals surface area contributed by atoms with Crippen LogP contribution in [-0.2, 0) is 0 Å². The lowest BCUT2D eigenvalue weighted by atomic mass is 10.2. The van der Waals surface area contributed by atoms with Crippen molar-refractivity contribution in [2.45, 2.75) is 19.9 Å². The van der Waals surface area contributed by atoms with Crippen LogP contribution in [0.5, 0.6) is 0 Å². The van der Waals surface area contributed by atoms with Gasteiger partial charge in [-0.2, -0.15) is 0 Å². The van der Waals surface area contributed by atoms with Gasteiger partial charge >= 0.3 is 0 Å². The van der Waals surface area contributed by atoms with Crippen molar-refractivity contribution in [2.24, 2.45) is 0 Å². The number of nitrogens with zero attached hydrogens (tertiary/aromatic N) is 1. The van der Waals surface area contributed by atoms with Gasteiger partial charge in [0.15, 0.2) is 0 Å². The van der Waals surface area contributed by atoms with Gasteiger partial charge in [0.1, 0.15) is 16.6 Å². The first-order valence-corrected chi connectivity index (χ1v) is 6.58. The van der Waals surface area contributed by atoms with Crippen LogP contribution in [0.1, 0.15) is 24.8 Å². The maximum Gasteiger partial charge on any atom is 0.136 e. The van der Waals surface area contributed by atoms with Gasteiger partial charge in [-0.25, -0.2) is 13.8 Å². The Morgan fingerprint density at radius 1 is 1.39 bits per heavy atom. The first-order chi connectivity index (χ1) is 8.61.